The average Bonchev–Trinajstić information content (AvgIpc) is 3.01. The van der Waals surface area contributed by atoms with E-state index < -0.39 is 0 Å². The van der Waals surface area contributed by atoms with Gasteiger partial charge in [-0.05, 0) is 35.4 Å². The zero-order chi connectivity index (χ0) is 18.0. The third-order valence-electron chi connectivity index (χ3n) is 4.03. The van der Waals surface area contributed by atoms with Crippen molar-refractivity contribution in [3.05, 3.63) is 65.5 Å². The molecular formula is C19H18FN3O2. The van der Waals surface area contributed by atoms with Crippen molar-refractivity contribution in [3.63, 3.8) is 0 Å². The fourth-order valence-corrected chi connectivity index (χ4v) is 2.87. The summed E-state index contributed by atoms with van der Waals surface area (Å²) in [5.74, 6) is -0.616. The van der Waals surface area contributed by atoms with Gasteiger partial charge in [0.2, 0.25) is 11.8 Å². The second kappa shape index (κ2) is 6.84. The van der Waals surface area contributed by atoms with Crippen molar-refractivity contribution in [1.29, 1.82) is 0 Å². The van der Waals surface area contributed by atoms with Gasteiger partial charge in [-0.1, -0.05) is 24.3 Å². The first kappa shape index (κ1) is 16.8. The quantitative estimate of drug-likeness (QED) is 0.930. The van der Waals surface area contributed by atoms with Gasteiger partial charge in [0.1, 0.15) is 5.82 Å². The molecule has 2 aromatic carbocycles. The molecule has 0 bridgehead atoms. The Bertz CT molecular complexity index is 829. The van der Waals surface area contributed by atoms with E-state index in [1.165, 1.54) is 31.0 Å². The molecule has 0 spiro atoms. The first-order chi connectivity index (χ1) is 11.9. The highest BCUT2D eigenvalue weighted by molar-refractivity contribution is 6.03. The summed E-state index contributed by atoms with van der Waals surface area (Å²) in [5.41, 5.74) is 3.20. The molecule has 0 unspecified atom stereocenters. The zero-order valence-corrected chi connectivity index (χ0v) is 14.0. The van der Waals surface area contributed by atoms with E-state index >= 15 is 0 Å². The molecule has 0 saturated heterocycles. The Morgan fingerprint density at radius 2 is 1.72 bits per heavy atom. The number of amides is 2. The Morgan fingerprint density at radius 1 is 1.08 bits per heavy atom. The minimum atomic E-state index is -0.314. The van der Waals surface area contributed by atoms with Gasteiger partial charge in [0.15, 0.2) is 0 Å². The zero-order valence-electron chi connectivity index (χ0n) is 14.0. The summed E-state index contributed by atoms with van der Waals surface area (Å²) in [5, 5.41) is 8.59. The molecule has 1 aliphatic heterocycles. The van der Waals surface area contributed by atoms with E-state index in [2.05, 4.69) is 10.4 Å². The number of carbonyl (C=O) groups is 2. The van der Waals surface area contributed by atoms with Crippen LogP contribution in [0.5, 0.6) is 0 Å². The first-order valence-corrected chi connectivity index (χ1v) is 7.95. The Balaban J connectivity index is 1.85. The number of carbonyl (C=O) groups excluding carboxylic acids is 2. The number of rotatable bonds is 3. The number of hydrazone groups is 1. The number of hydrogen-bond donors (Lipinski definition) is 1. The maximum absolute atomic E-state index is 13.2. The average molecular weight is 339 g/mol. The minimum Gasteiger partial charge on any atom is -0.326 e. The van der Waals surface area contributed by atoms with Crippen LogP contribution in [0.15, 0.2) is 53.6 Å². The summed E-state index contributed by atoms with van der Waals surface area (Å²) >= 11 is 0. The topological polar surface area (TPSA) is 61.8 Å². The fourth-order valence-electron chi connectivity index (χ4n) is 2.87. The van der Waals surface area contributed by atoms with Crippen molar-refractivity contribution < 1.29 is 14.0 Å². The van der Waals surface area contributed by atoms with E-state index in [4.69, 9.17) is 0 Å². The molecule has 1 N–H and O–H groups in total. The molecule has 0 saturated carbocycles. The predicted molar refractivity (Wildman–Crippen MR) is 93.6 cm³/mol. The summed E-state index contributed by atoms with van der Waals surface area (Å²) < 4.78 is 13.2. The van der Waals surface area contributed by atoms with Gasteiger partial charge in [0.05, 0.1) is 11.8 Å². The molecule has 25 heavy (non-hydrogen) atoms. The number of anilines is 1. The largest absolute Gasteiger partial charge is 0.326 e. The van der Waals surface area contributed by atoms with Crippen LogP contribution in [0.2, 0.25) is 0 Å². The Kier molecular flexibility index (Phi) is 4.61. The van der Waals surface area contributed by atoms with Gasteiger partial charge >= 0.3 is 0 Å². The standard InChI is InChI=1S/C19H18FN3O2/c1-12(24)21-17-9-5-14(6-10-17)18-11-19(23(22-18)13(2)25)15-3-7-16(20)8-4-15/h3-10,19H,11H2,1-2H3,(H,21,24)/t19-/m0/s1. The van der Waals surface area contributed by atoms with Crippen LogP contribution < -0.4 is 5.32 Å². The summed E-state index contributed by atoms with van der Waals surface area (Å²) in [6.45, 7) is 2.91. The molecule has 2 aromatic rings. The van der Waals surface area contributed by atoms with Crippen LogP contribution >= 0.6 is 0 Å². The molecule has 0 fully saturated rings. The van der Waals surface area contributed by atoms with E-state index in [-0.39, 0.29) is 23.7 Å². The highest BCUT2D eigenvalue weighted by Crippen LogP contribution is 2.33. The number of nitrogens with one attached hydrogen (secondary N) is 1. The predicted octanol–water partition coefficient (Wildman–Crippen LogP) is 3.48. The smallest absolute Gasteiger partial charge is 0.240 e. The van der Waals surface area contributed by atoms with E-state index in [0.717, 1.165) is 16.8 Å². The lowest BCUT2D eigenvalue weighted by Gasteiger charge is -2.20. The Labute approximate surface area is 145 Å². The lowest BCUT2D eigenvalue weighted by Crippen LogP contribution is -2.24. The van der Waals surface area contributed by atoms with Crippen molar-refractivity contribution in [2.75, 3.05) is 5.32 Å². The molecule has 2 amide bonds. The van der Waals surface area contributed by atoms with Crippen LogP contribution in [0.3, 0.4) is 0 Å². The Hall–Kier alpha value is -3.02. The van der Waals surface area contributed by atoms with Crippen LogP contribution in [0.4, 0.5) is 10.1 Å². The van der Waals surface area contributed by atoms with Crippen LogP contribution in [-0.2, 0) is 9.59 Å². The lowest BCUT2D eigenvalue weighted by molar-refractivity contribution is -0.130. The van der Waals surface area contributed by atoms with Gasteiger partial charge in [-0.25, -0.2) is 9.40 Å². The van der Waals surface area contributed by atoms with Gasteiger partial charge in [0.25, 0.3) is 0 Å². The molecule has 0 radical (unpaired) electrons. The molecule has 0 aliphatic carbocycles. The second-order valence-electron chi connectivity index (χ2n) is 5.94. The van der Waals surface area contributed by atoms with Gasteiger partial charge in [0, 0.05) is 26.0 Å². The maximum Gasteiger partial charge on any atom is 0.240 e. The Morgan fingerprint density at radius 3 is 2.28 bits per heavy atom. The van der Waals surface area contributed by atoms with Crippen molar-refractivity contribution in [3.8, 4) is 0 Å². The SMILES string of the molecule is CC(=O)Nc1ccc(C2=NN(C(C)=O)[C@H](c3ccc(F)cc3)C2)cc1. The van der Waals surface area contributed by atoms with Crippen molar-refractivity contribution in [2.45, 2.75) is 26.3 Å². The highest BCUT2D eigenvalue weighted by Gasteiger charge is 2.31. The molecule has 6 heteroatoms. The van der Waals surface area contributed by atoms with Crippen LogP contribution in [0.25, 0.3) is 0 Å². The van der Waals surface area contributed by atoms with E-state index in [0.29, 0.717) is 12.1 Å². The molecule has 1 atom stereocenters. The molecule has 0 aromatic heterocycles. The van der Waals surface area contributed by atoms with Gasteiger partial charge < -0.3 is 5.32 Å². The van der Waals surface area contributed by atoms with E-state index in [9.17, 15) is 14.0 Å². The second-order valence-corrected chi connectivity index (χ2v) is 5.94. The third-order valence-corrected chi connectivity index (χ3v) is 4.03. The first-order valence-electron chi connectivity index (χ1n) is 7.95. The molecular weight excluding hydrogens is 321 g/mol. The maximum atomic E-state index is 13.2. The van der Waals surface area contributed by atoms with Gasteiger partial charge in [-0.15, -0.1) is 0 Å². The molecule has 128 valence electrons. The van der Waals surface area contributed by atoms with Crippen molar-refractivity contribution in [2.24, 2.45) is 5.10 Å². The molecule has 3 rings (SSSR count). The summed E-state index contributed by atoms with van der Waals surface area (Å²) in [6, 6.07) is 13.2. The van der Waals surface area contributed by atoms with Crippen molar-refractivity contribution in [1.82, 2.24) is 5.01 Å². The molecule has 1 aliphatic rings. The summed E-state index contributed by atoms with van der Waals surface area (Å²) in [6.07, 6.45) is 0.546. The van der Waals surface area contributed by atoms with Crippen molar-refractivity contribution >= 4 is 23.2 Å². The summed E-state index contributed by atoms with van der Waals surface area (Å²) in [4.78, 5) is 23.0. The van der Waals surface area contributed by atoms with Crippen LogP contribution in [0.1, 0.15) is 37.4 Å². The molecule has 1 heterocycles. The van der Waals surface area contributed by atoms with E-state index in [1.54, 1.807) is 24.3 Å². The number of benzene rings is 2. The normalized spacial score (nSPS) is 16.5. The number of hydrogen-bond acceptors (Lipinski definition) is 3. The number of halogens is 1. The molecule has 5 nitrogen and oxygen atoms in total. The highest BCUT2D eigenvalue weighted by atomic mass is 19.1. The van der Waals surface area contributed by atoms with Gasteiger partial charge in [-0.3, -0.25) is 9.59 Å². The number of nitrogens with zero attached hydrogens (tertiary/aromatic N) is 2. The van der Waals surface area contributed by atoms with Gasteiger partial charge in [-0.2, -0.15) is 5.10 Å². The third kappa shape index (κ3) is 3.74. The minimum absolute atomic E-state index is 0.134. The summed E-state index contributed by atoms with van der Waals surface area (Å²) in [7, 11) is 0. The van der Waals surface area contributed by atoms with Crippen LogP contribution in [-0.4, -0.2) is 22.5 Å². The lowest BCUT2D eigenvalue weighted by atomic mass is 9.98. The fraction of sp³-hybridized carbons (Fsp3) is 0.211. The van der Waals surface area contributed by atoms with E-state index in [1.807, 2.05) is 12.1 Å². The van der Waals surface area contributed by atoms with Crippen LogP contribution in [0, 0.1) is 5.82 Å². The monoisotopic (exact) mass is 339 g/mol.